The number of para-hydroxylation sites is 2. The molecule has 3 heterocycles. The average Bonchev–Trinajstić information content (AvgIpc) is 3.33. The minimum absolute atomic E-state index is 0.397. The number of fused-ring (bicyclic) bond motifs is 6. The highest BCUT2D eigenvalue weighted by molar-refractivity contribution is 6.09. The van der Waals surface area contributed by atoms with Gasteiger partial charge in [0.1, 0.15) is 6.17 Å². The van der Waals surface area contributed by atoms with Gasteiger partial charge in [0, 0.05) is 42.2 Å². The molecular weight excluding hydrogens is 330 g/mol. The molecule has 3 heteroatoms. The molecule has 1 aromatic heterocycles. The van der Waals surface area contributed by atoms with E-state index in [-0.39, 0.29) is 0 Å². The fourth-order valence-corrected chi connectivity index (χ4v) is 5.06. The topological polar surface area (TPSA) is 11.4 Å². The Morgan fingerprint density at radius 2 is 1.44 bits per heavy atom. The van der Waals surface area contributed by atoms with Crippen LogP contribution in [0.2, 0.25) is 0 Å². The van der Waals surface area contributed by atoms with Crippen molar-refractivity contribution >= 4 is 27.5 Å². The molecule has 0 saturated carbocycles. The summed E-state index contributed by atoms with van der Waals surface area (Å²) in [4.78, 5) is 4.71. The zero-order valence-electron chi connectivity index (χ0n) is 15.5. The first-order valence-corrected chi connectivity index (χ1v) is 9.49. The summed E-state index contributed by atoms with van der Waals surface area (Å²) in [6.45, 7) is 0. The molecular formula is C24H21N3. The molecule has 0 aliphatic carbocycles. The molecule has 0 fully saturated rings. The molecule has 132 valence electrons. The van der Waals surface area contributed by atoms with Crippen molar-refractivity contribution in [1.29, 1.82) is 0 Å². The van der Waals surface area contributed by atoms with Crippen LogP contribution >= 0.6 is 0 Å². The van der Waals surface area contributed by atoms with Gasteiger partial charge in [-0.1, -0.05) is 42.5 Å². The van der Waals surface area contributed by atoms with Gasteiger partial charge in [0.2, 0.25) is 0 Å². The number of hydrogen-bond donors (Lipinski definition) is 0. The van der Waals surface area contributed by atoms with Crippen LogP contribution in [0.15, 0.2) is 79.0 Å². The van der Waals surface area contributed by atoms with Gasteiger partial charge in [-0.15, -0.1) is 0 Å². The predicted molar refractivity (Wildman–Crippen MR) is 113 cm³/mol. The molecule has 0 bridgehead atoms. The van der Waals surface area contributed by atoms with Gasteiger partial charge in [-0.05, 0) is 42.1 Å². The van der Waals surface area contributed by atoms with E-state index in [0.29, 0.717) is 12.1 Å². The van der Waals surface area contributed by atoms with Crippen LogP contribution in [-0.4, -0.2) is 29.7 Å². The number of benzene rings is 3. The fraction of sp³-hybridized carbons (Fsp3) is 0.167. The van der Waals surface area contributed by atoms with E-state index in [2.05, 4.69) is 107 Å². The first-order chi connectivity index (χ1) is 13.2. The lowest BCUT2D eigenvalue weighted by molar-refractivity contribution is 0.346. The zero-order chi connectivity index (χ0) is 18.1. The van der Waals surface area contributed by atoms with Crippen molar-refractivity contribution in [1.82, 2.24) is 9.47 Å². The predicted octanol–water partition coefficient (Wildman–Crippen LogP) is 5.10. The van der Waals surface area contributed by atoms with Crippen LogP contribution in [0.1, 0.15) is 11.5 Å². The lowest BCUT2D eigenvalue weighted by Crippen LogP contribution is -2.38. The van der Waals surface area contributed by atoms with Crippen LogP contribution < -0.4 is 4.90 Å². The molecule has 0 amide bonds. The number of likely N-dealkylation sites (N-methyl/N-ethyl adjacent to an activating group) is 2. The van der Waals surface area contributed by atoms with Gasteiger partial charge in [0.05, 0.1) is 11.0 Å². The summed E-state index contributed by atoms with van der Waals surface area (Å²) in [6, 6.07) is 24.3. The molecule has 2 atom stereocenters. The maximum Gasteiger partial charge on any atom is 0.111 e. The fourth-order valence-electron chi connectivity index (χ4n) is 5.06. The molecule has 0 radical (unpaired) electrons. The van der Waals surface area contributed by atoms with Crippen molar-refractivity contribution in [2.24, 2.45) is 0 Å². The van der Waals surface area contributed by atoms with Crippen LogP contribution in [0.4, 0.5) is 5.69 Å². The summed E-state index contributed by atoms with van der Waals surface area (Å²) in [5.41, 5.74) is 6.53. The number of aromatic nitrogens is 1. The number of anilines is 1. The lowest BCUT2D eigenvalue weighted by atomic mass is 10.00. The van der Waals surface area contributed by atoms with E-state index in [0.717, 1.165) is 0 Å². The molecule has 2 unspecified atom stereocenters. The number of nitrogens with zero attached hydrogens (tertiary/aromatic N) is 3. The van der Waals surface area contributed by atoms with Gasteiger partial charge in [-0.2, -0.15) is 0 Å². The van der Waals surface area contributed by atoms with Crippen LogP contribution in [-0.2, 0) is 0 Å². The number of rotatable bonds is 1. The Balaban J connectivity index is 1.63. The van der Waals surface area contributed by atoms with E-state index < -0.39 is 0 Å². The molecule has 3 aromatic carbocycles. The van der Waals surface area contributed by atoms with Crippen molar-refractivity contribution in [3.8, 4) is 5.69 Å². The first-order valence-electron chi connectivity index (χ1n) is 9.49. The van der Waals surface area contributed by atoms with Crippen molar-refractivity contribution in [2.75, 3.05) is 19.0 Å². The van der Waals surface area contributed by atoms with Crippen LogP contribution in [0.5, 0.6) is 0 Å². The molecule has 0 N–H and O–H groups in total. The van der Waals surface area contributed by atoms with Gasteiger partial charge >= 0.3 is 0 Å². The largest absolute Gasteiger partial charge is 0.360 e. The molecule has 0 spiro atoms. The Morgan fingerprint density at radius 3 is 2.15 bits per heavy atom. The highest BCUT2D eigenvalue weighted by Gasteiger charge is 2.40. The van der Waals surface area contributed by atoms with E-state index in [9.17, 15) is 0 Å². The van der Waals surface area contributed by atoms with Crippen molar-refractivity contribution in [3.63, 3.8) is 0 Å². The summed E-state index contributed by atoms with van der Waals surface area (Å²) in [5, 5.41) is 2.62. The number of hydrogen-bond acceptors (Lipinski definition) is 2. The SMILES string of the molecule is CN1C=CC2c3cc(-n4c5ccccc5c5ccccc54)ccc3N(C)C21. The van der Waals surface area contributed by atoms with Crippen molar-refractivity contribution in [2.45, 2.75) is 12.1 Å². The monoisotopic (exact) mass is 351 g/mol. The quantitative estimate of drug-likeness (QED) is 0.472. The minimum Gasteiger partial charge on any atom is -0.360 e. The summed E-state index contributed by atoms with van der Waals surface area (Å²) in [7, 11) is 4.37. The van der Waals surface area contributed by atoms with Crippen molar-refractivity contribution in [3.05, 3.63) is 84.6 Å². The second-order valence-electron chi connectivity index (χ2n) is 7.67. The first kappa shape index (κ1) is 14.9. The zero-order valence-corrected chi connectivity index (χ0v) is 15.5. The summed E-state index contributed by atoms with van der Waals surface area (Å²) >= 11 is 0. The van der Waals surface area contributed by atoms with Gasteiger partial charge in [0.25, 0.3) is 0 Å². The van der Waals surface area contributed by atoms with Gasteiger partial charge in [-0.25, -0.2) is 0 Å². The molecule has 3 nitrogen and oxygen atoms in total. The van der Waals surface area contributed by atoms with Crippen molar-refractivity contribution < 1.29 is 0 Å². The summed E-state index contributed by atoms with van der Waals surface area (Å²) in [5.74, 6) is 0.433. The second kappa shape index (κ2) is 5.17. The molecule has 0 saturated heterocycles. The molecule has 2 aliphatic rings. The third kappa shape index (κ3) is 1.86. The molecule has 27 heavy (non-hydrogen) atoms. The van der Waals surface area contributed by atoms with E-state index in [4.69, 9.17) is 0 Å². The van der Waals surface area contributed by atoms with E-state index in [1.807, 2.05) is 0 Å². The van der Waals surface area contributed by atoms with Crippen LogP contribution in [0.25, 0.3) is 27.5 Å². The maximum absolute atomic E-state index is 2.40. The summed E-state index contributed by atoms with van der Waals surface area (Å²) in [6.07, 6.45) is 4.94. The smallest absolute Gasteiger partial charge is 0.111 e. The lowest BCUT2D eigenvalue weighted by Gasteiger charge is -2.29. The van der Waals surface area contributed by atoms with E-state index in [1.54, 1.807) is 0 Å². The molecule has 2 aliphatic heterocycles. The third-order valence-electron chi connectivity index (χ3n) is 6.25. The second-order valence-corrected chi connectivity index (χ2v) is 7.67. The minimum atomic E-state index is 0.397. The highest BCUT2D eigenvalue weighted by atomic mass is 15.4. The maximum atomic E-state index is 2.40. The molecule has 6 rings (SSSR count). The Labute approximate surface area is 158 Å². The third-order valence-corrected chi connectivity index (χ3v) is 6.25. The van der Waals surface area contributed by atoms with Gasteiger partial charge in [-0.3, -0.25) is 0 Å². The Kier molecular flexibility index (Phi) is 2.85. The Hall–Kier alpha value is -3.20. The Morgan fingerprint density at radius 1 is 0.778 bits per heavy atom. The average molecular weight is 351 g/mol. The van der Waals surface area contributed by atoms with Gasteiger partial charge < -0.3 is 14.4 Å². The van der Waals surface area contributed by atoms with E-state index >= 15 is 0 Å². The summed E-state index contributed by atoms with van der Waals surface area (Å²) < 4.78 is 2.40. The Bertz CT molecular complexity index is 1180. The molecule has 4 aromatic rings. The van der Waals surface area contributed by atoms with Gasteiger partial charge in [0.15, 0.2) is 0 Å². The normalized spacial score (nSPS) is 20.7. The van der Waals surface area contributed by atoms with Crippen LogP contribution in [0, 0.1) is 0 Å². The standard InChI is InChI=1S/C24H21N3/c1-25-14-13-19-20-15-16(11-12-21(20)26(2)24(19)25)27-22-9-5-3-7-17(22)18-8-4-6-10-23(18)27/h3-15,19,24H,1-2H3. The van der Waals surface area contributed by atoms with E-state index in [1.165, 1.54) is 38.7 Å². The van der Waals surface area contributed by atoms with Crippen LogP contribution in [0.3, 0.4) is 0 Å². The highest BCUT2D eigenvalue weighted by Crippen LogP contribution is 2.46.